The van der Waals surface area contributed by atoms with E-state index in [2.05, 4.69) is 26.2 Å². The molecule has 102 valence electrons. The van der Waals surface area contributed by atoms with Crippen molar-refractivity contribution >= 4 is 21.8 Å². The van der Waals surface area contributed by atoms with Gasteiger partial charge in [0.25, 0.3) is 5.91 Å². The van der Waals surface area contributed by atoms with E-state index in [1.54, 1.807) is 0 Å². The molecule has 0 spiro atoms. The van der Waals surface area contributed by atoms with Crippen LogP contribution in [0.4, 0.5) is 13.2 Å². The molecule has 0 aliphatic carbocycles. The van der Waals surface area contributed by atoms with Crippen molar-refractivity contribution < 1.29 is 22.7 Å². The Balaban J connectivity index is 2.23. The van der Waals surface area contributed by atoms with E-state index in [0.29, 0.717) is 0 Å². The normalized spacial score (nSPS) is 16.2. The maximum absolute atomic E-state index is 12.8. The highest BCUT2D eigenvalue weighted by atomic mass is 79.9. The molecule has 1 aliphatic rings. The van der Waals surface area contributed by atoms with Gasteiger partial charge in [-0.15, -0.1) is 10.2 Å². The zero-order chi connectivity index (χ0) is 14.3. The quantitative estimate of drug-likeness (QED) is 0.916. The van der Waals surface area contributed by atoms with Crippen LogP contribution in [0, 0.1) is 0 Å². The number of nitrogens with two attached hydrogens (primary N) is 1. The molecule has 0 radical (unpaired) electrons. The highest BCUT2D eigenvalue weighted by molar-refractivity contribution is 9.10. The SMILES string of the molecule is NC(=O)COc1ccc(C2(C(F)(F)F)N=N2)cc1Br. The van der Waals surface area contributed by atoms with Crippen LogP contribution in [-0.4, -0.2) is 18.7 Å². The van der Waals surface area contributed by atoms with Crippen LogP contribution in [0.5, 0.6) is 5.75 Å². The monoisotopic (exact) mass is 337 g/mol. The molecule has 5 nitrogen and oxygen atoms in total. The number of ether oxygens (including phenoxy) is 1. The summed E-state index contributed by atoms with van der Waals surface area (Å²) in [6, 6.07) is 3.68. The summed E-state index contributed by atoms with van der Waals surface area (Å²) >= 11 is 3.06. The van der Waals surface area contributed by atoms with E-state index >= 15 is 0 Å². The van der Waals surface area contributed by atoms with Crippen molar-refractivity contribution in [2.75, 3.05) is 6.61 Å². The van der Waals surface area contributed by atoms with Crippen LogP contribution in [0.15, 0.2) is 32.9 Å². The maximum Gasteiger partial charge on any atom is 0.442 e. The summed E-state index contributed by atoms with van der Waals surface area (Å²) in [5.74, 6) is -0.476. The number of benzene rings is 1. The van der Waals surface area contributed by atoms with Crippen molar-refractivity contribution in [2.45, 2.75) is 11.8 Å². The Morgan fingerprint density at radius 3 is 2.47 bits per heavy atom. The van der Waals surface area contributed by atoms with E-state index in [0.717, 1.165) is 0 Å². The van der Waals surface area contributed by atoms with Gasteiger partial charge in [0.1, 0.15) is 5.75 Å². The minimum Gasteiger partial charge on any atom is -0.483 e. The molecule has 0 saturated heterocycles. The maximum atomic E-state index is 12.8. The van der Waals surface area contributed by atoms with Gasteiger partial charge < -0.3 is 10.5 Å². The highest BCUT2D eigenvalue weighted by Crippen LogP contribution is 2.53. The predicted molar refractivity (Wildman–Crippen MR) is 61.4 cm³/mol. The number of alkyl halides is 3. The minimum absolute atomic E-state index is 0.127. The van der Waals surface area contributed by atoms with Crippen LogP contribution in [-0.2, 0) is 10.5 Å². The molecular weight excluding hydrogens is 331 g/mol. The Labute approximate surface area is 113 Å². The Morgan fingerprint density at radius 1 is 1.42 bits per heavy atom. The molecule has 1 aliphatic heterocycles. The summed E-state index contributed by atoms with van der Waals surface area (Å²) in [6.45, 7) is -0.364. The van der Waals surface area contributed by atoms with Gasteiger partial charge in [0.2, 0.25) is 0 Å². The number of hydrogen-bond donors (Lipinski definition) is 1. The summed E-state index contributed by atoms with van der Waals surface area (Å²) in [5.41, 5.74) is 2.30. The average Bonchev–Trinajstić information content (AvgIpc) is 3.07. The van der Waals surface area contributed by atoms with Gasteiger partial charge in [0.05, 0.1) is 4.47 Å². The number of carbonyl (C=O) groups excluding carboxylic acids is 1. The molecule has 1 aromatic carbocycles. The van der Waals surface area contributed by atoms with Crippen molar-refractivity contribution in [3.8, 4) is 5.75 Å². The fourth-order valence-corrected chi connectivity index (χ4v) is 1.92. The van der Waals surface area contributed by atoms with Crippen LogP contribution in [0.2, 0.25) is 0 Å². The Kier molecular flexibility index (Phi) is 3.25. The molecule has 2 N–H and O–H groups in total. The lowest BCUT2D eigenvalue weighted by atomic mass is 10.0. The first-order valence-corrected chi connectivity index (χ1v) is 5.77. The lowest BCUT2D eigenvalue weighted by molar-refractivity contribution is -0.166. The van der Waals surface area contributed by atoms with Crippen molar-refractivity contribution in [2.24, 2.45) is 16.0 Å². The molecule has 0 fully saturated rings. The van der Waals surface area contributed by atoms with E-state index in [9.17, 15) is 18.0 Å². The standard InChI is InChI=1S/C10H7BrF3N3O2/c11-6-3-5(9(16-17-9)10(12,13)14)1-2-7(6)19-4-8(15)18/h1-3H,4H2,(H2,15,18). The molecule has 0 bridgehead atoms. The van der Waals surface area contributed by atoms with Crippen LogP contribution < -0.4 is 10.5 Å². The molecule has 2 rings (SSSR count). The van der Waals surface area contributed by atoms with Crippen molar-refractivity contribution in [3.63, 3.8) is 0 Å². The van der Waals surface area contributed by atoms with E-state index in [1.807, 2.05) is 0 Å². The summed E-state index contributed by atoms with van der Waals surface area (Å²) in [6.07, 6.45) is -4.58. The summed E-state index contributed by atoms with van der Waals surface area (Å²) in [4.78, 5) is 10.6. The van der Waals surface area contributed by atoms with E-state index < -0.39 is 17.7 Å². The van der Waals surface area contributed by atoms with E-state index in [1.165, 1.54) is 18.2 Å². The van der Waals surface area contributed by atoms with Gasteiger partial charge in [-0.2, -0.15) is 13.2 Å². The van der Waals surface area contributed by atoms with E-state index in [4.69, 9.17) is 10.5 Å². The average molecular weight is 338 g/mol. The van der Waals surface area contributed by atoms with Gasteiger partial charge in [-0.3, -0.25) is 4.79 Å². The number of halogens is 4. The van der Waals surface area contributed by atoms with Crippen LogP contribution >= 0.6 is 15.9 Å². The number of nitrogens with zero attached hydrogens (tertiary/aromatic N) is 2. The fourth-order valence-electron chi connectivity index (χ4n) is 1.43. The molecule has 0 atom stereocenters. The van der Waals surface area contributed by atoms with Crippen LogP contribution in [0.3, 0.4) is 0 Å². The molecule has 9 heteroatoms. The summed E-state index contributed by atoms with van der Waals surface area (Å²) in [7, 11) is 0. The first kappa shape index (κ1) is 13.8. The third-order valence-corrected chi connectivity index (χ3v) is 3.02. The molecule has 1 aromatic rings. The molecule has 0 saturated carbocycles. The van der Waals surface area contributed by atoms with Gasteiger partial charge in [-0.1, -0.05) is 6.07 Å². The second-order valence-corrected chi connectivity index (χ2v) is 4.62. The first-order valence-electron chi connectivity index (χ1n) is 4.98. The second-order valence-electron chi connectivity index (χ2n) is 3.77. The minimum atomic E-state index is -4.58. The number of amides is 1. The topological polar surface area (TPSA) is 77.0 Å². The Bertz CT molecular complexity index is 553. The van der Waals surface area contributed by atoms with Crippen LogP contribution in [0.1, 0.15) is 5.56 Å². The van der Waals surface area contributed by atoms with Crippen molar-refractivity contribution in [1.29, 1.82) is 0 Å². The number of carbonyl (C=O) groups is 1. The van der Waals surface area contributed by atoms with E-state index in [-0.39, 0.29) is 22.4 Å². The first-order chi connectivity index (χ1) is 8.76. The number of hydrogen-bond acceptors (Lipinski definition) is 4. The molecule has 0 unspecified atom stereocenters. The lowest BCUT2D eigenvalue weighted by Gasteiger charge is -2.16. The predicted octanol–water partition coefficient (Wildman–Crippen LogP) is 2.49. The zero-order valence-corrected chi connectivity index (χ0v) is 10.8. The molecule has 0 aromatic heterocycles. The van der Waals surface area contributed by atoms with Gasteiger partial charge >= 0.3 is 11.8 Å². The van der Waals surface area contributed by atoms with Crippen molar-refractivity contribution in [3.05, 3.63) is 28.2 Å². The highest BCUT2D eigenvalue weighted by Gasteiger charge is 2.65. The largest absolute Gasteiger partial charge is 0.483 e. The van der Waals surface area contributed by atoms with Crippen LogP contribution in [0.25, 0.3) is 0 Å². The van der Waals surface area contributed by atoms with Crippen molar-refractivity contribution in [1.82, 2.24) is 0 Å². The van der Waals surface area contributed by atoms with Gasteiger partial charge in [0.15, 0.2) is 6.61 Å². The number of primary amides is 1. The molecule has 1 heterocycles. The molecular formula is C10H7BrF3N3O2. The third-order valence-electron chi connectivity index (χ3n) is 2.40. The molecule has 19 heavy (non-hydrogen) atoms. The molecule has 1 amide bonds. The van der Waals surface area contributed by atoms with Gasteiger partial charge in [-0.05, 0) is 28.1 Å². The lowest BCUT2D eigenvalue weighted by Crippen LogP contribution is -2.30. The second kappa shape index (κ2) is 4.48. The summed E-state index contributed by atoms with van der Waals surface area (Å²) in [5, 5.41) is 6.17. The Hall–Kier alpha value is -1.64. The Morgan fingerprint density at radius 2 is 2.05 bits per heavy atom. The smallest absolute Gasteiger partial charge is 0.442 e. The van der Waals surface area contributed by atoms with Gasteiger partial charge in [-0.25, -0.2) is 0 Å². The third kappa shape index (κ3) is 2.55. The summed E-state index contributed by atoms with van der Waals surface area (Å²) < 4.78 is 43.6. The number of rotatable bonds is 4. The van der Waals surface area contributed by atoms with Gasteiger partial charge in [0, 0.05) is 5.56 Å². The fraction of sp³-hybridized carbons (Fsp3) is 0.300. The zero-order valence-electron chi connectivity index (χ0n) is 9.24.